The number of nitrogens with one attached hydrogen (secondary N) is 1. The first-order valence-electron chi connectivity index (χ1n) is 4.57. The average Bonchev–Trinajstić information content (AvgIpc) is 2.26. The molecule has 0 heterocycles. The molecule has 0 fully saturated rings. The van der Waals surface area contributed by atoms with E-state index in [1.54, 1.807) is 0 Å². The zero-order valence-electron chi connectivity index (χ0n) is 8.49. The van der Waals surface area contributed by atoms with Gasteiger partial charge in [0.25, 0.3) is 0 Å². The molecule has 0 saturated heterocycles. The van der Waals surface area contributed by atoms with Gasteiger partial charge in [0.2, 0.25) is 0 Å². The molecular weight excluding hydrogens is 178 g/mol. The van der Waals surface area contributed by atoms with Gasteiger partial charge in [0.1, 0.15) is 0 Å². The lowest BCUT2D eigenvalue weighted by atomic mass is 9.99. The maximum absolute atomic E-state index is 11.4. The van der Waals surface area contributed by atoms with Crippen molar-refractivity contribution in [2.75, 3.05) is 20.7 Å². The molecule has 0 bridgehead atoms. The molecule has 1 unspecified atom stereocenters. The molecule has 0 aromatic heterocycles. The lowest BCUT2D eigenvalue weighted by Crippen LogP contribution is -2.25. The van der Waals surface area contributed by atoms with E-state index in [1.807, 2.05) is 37.4 Å². The molecule has 76 valence electrons. The molecule has 3 nitrogen and oxygen atoms in total. The van der Waals surface area contributed by atoms with Crippen molar-refractivity contribution in [3.8, 4) is 0 Å². The normalized spacial score (nSPS) is 12.1. The number of esters is 1. The van der Waals surface area contributed by atoms with Crippen LogP contribution in [0.4, 0.5) is 0 Å². The highest BCUT2D eigenvalue weighted by Crippen LogP contribution is 2.15. The maximum Gasteiger partial charge on any atom is 0.314 e. The zero-order chi connectivity index (χ0) is 10.4. The molecule has 1 N–H and O–H groups in total. The number of methoxy groups -OCH3 is 1. The number of hydrogen-bond acceptors (Lipinski definition) is 3. The Bertz CT molecular complexity index is 285. The summed E-state index contributed by atoms with van der Waals surface area (Å²) in [6, 6.07) is 9.62. The number of ether oxygens (including phenoxy) is 1. The van der Waals surface area contributed by atoms with Crippen LogP contribution in [0.25, 0.3) is 0 Å². The molecule has 1 aromatic carbocycles. The van der Waals surface area contributed by atoms with Crippen molar-refractivity contribution < 1.29 is 9.53 Å². The summed E-state index contributed by atoms with van der Waals surface area (Å²) in [4.78, 5) is 11.4. The largest absolute Gasteiger partial charge is 0.469 e. The third-order valence-corrected chi connectivity index (χ3v) is 2.10. The SMILES string of the molecule is CNCC(C(=O)OC)c1ccccc1. The second-order valence-electron chi connectivity index (χ2n) is 3.04. The molecule has 0 radical (unpaired) electrons. The predicted octanol–water partition coefficient (Wildman–Crippen LogP) is 1.16. The molecule has 0 saturated carbocycles. The highest BCUT2D eigenvalue weighted by molar-refractivity contribution is 5.78. The second-order valence-corrected chi connectivity index (χ2v) is 3.04. The highest BCUT2D eigenvalue weighted by atomic mass is 16.5. The van der Waals surface area contributed by atoms with Crippen LogP contribution < -0.4 is 5.32 Å². The van der Waals surface area contributed by atoms with Crippen LogP contribution in [0.1, 0.15) is 11.5 Å². The van der Waals surface area contributed by atoms with Crippen LogP contribution in [0.2, 0.25) is 0 Å². The Morgan fingerprint density at radius 1 is 1.43 bits per heavy atom. The molecule has 14 heavy (non-hydrogen) atoms. The first-order chi connectivity index (χ1) is 6.79. The van der Waals surface area contributed by atoms with Gasteiger partial charge in [-0.3, -0.25) is 4.79 Å². The molecule has 1 rings (SSSR count). The van der Waals surface area contributed by atoms with Gasteiger partial charge in [0, 0.05) is 6.54 Å². The van der Waals surface area contributed by atoms with Crippen molar-refractivity contribution >= 4 is 5.97 Å². The summed E-state index contributed by atoms with van der Waals surface area (Å²) >= 11 is 0. The Hall–Kier alpha value is -1.35. The summed E-state index contributed by atoms with van der Waals surface area (Å²) in [6.45, 7) is 0.594. The van der Waals surface area contributed by atoms with Crippen LogP contribution in [0.15, 0.2) is 30.3 Å². The number of rotatable bonds is 4. The molecule has 0 aliphatic heterocycles. The van der Waals surface area contributed by atoms with E-state index >= 15 is 0 Å². The minimum absolute atomic E-state index is 0.203. The number of carbonyl (C=O) groups excluding carboxylic acids is 1. The topological polar surface area (TPSA) is 38.3 Å². The van der Waals surface area contributed by atoms with Crippen molar-refractivity contribution in [1.82, 2.24) is 5.32 Å². The van der Waals surface area contributed by atoms with E-state index in [2.05, 4.69) is 5.32 Å². The van der Waals surface area contributed by atoms with E-state index in [4.69, 9.17) is 4.74 Å². The smallest absolute Gasteiger partial charge is 0.314 e. The van der Waals surface area contributed by atoms with Crippen LogP contribution >= 0.6 is 0 Å². The zero-order valence-corrected chi connectivity index (χ0v) is 8.49. The van der Waals surface area contributed by atoms with Crippen LogP contribution in [-0.2, 0) is 9.53 Å². The summed E-state index contributed by atoms with van der Waals surface area (Å²) in [7, 11) is 3.23. The van der Waals surface area contributed by atoms with Gasteiger partial charge in [-0.2, -0.15) is 0 Å². The highest BCUT2D eigenvalue weighted by Gasteiger charge is 2.19. The second kappa shape index (κ2) is 5.40. The monoisotopic (exact) mass is 193 g/mol. The number of hydrogen-bond donors (Lipinski definition) is 1. The molecule has 0 aliphatic rings. The minimum Gasteiger partial charge on any atom is -0.469 e. The summed E-state index contributed by atoms with van der Waals surface area (Å²) < 4.78 is 4.74. The van der Waals surface area contributed by atoms with Crippen molar-refractivity contribution in [2.45, 2.75) is 5.92 Å². The summed E-state index contributed by atoms with van der Waals surface area (Å²) in [5.74, 6) is -0.420. The third-order valence-electron chi connectivity index (χ3n) is 2.10. The quantitative estimate of drug-likeness (QED) is 0.729. The lowest BCUT2D eigenvalue weighted by Gasteiger charge is -2.13. The summed E-state index contributed by atoms with van der Waals surface area (Å²) in [5, 5.41) is 2.98. The summed E-state index contributed by atoms with van der Waals surface area (Å²) in [6.07, 6.45) is 0. The third kappa shape index (κ3) is 2.57. The van der Waals surface area contributed by atoms with E-state index in [0.29, 0.717) is 6.54 Å². The molecular formula is C11H15NO2. The summed E-state index contributed by atoms with van der Waals surface area (Å²) in [5.41, 5.74) is 0.980. The van der Waals surface area contributed by atoms with Crippen LogP contribution in [0.5, 0.6) is 0 Å². The Kier molecular flexibility index (Phi) is 4.13. The Morgan fingerprint density at radius 3 is 2.57 bits per heavy atom. The van der Waals surface area contributed by atoms with Gasteiger partial charge in [0.15, 0.2) is 0 Å². The maximum atomic E-state index is 11.4. The van der Waals surface area contributed by atoms with E-state index in [-0.39, 0.29) is 11.9 Å². The van der Waals surface area contributed by atoms with Crippen molar-refractivity contribution in [3.63, 3.8) is 0 Å². The Balaban J connectivity index is 2.83. The number of likely N-dealkylation sites (N-methyl/N-ethyl adjacent to an activating group) is 1. The Labute approximate surface area is 84.1 Å². The van der Waals surface area contributed by atoms with Gasteiger partial charge in [-0.05, 0) is 12.6 Å². The first kappa shape index (κ1) is 10.7. The van der Waals surface area contributed by atoms with Gasteiger partial charge in [-0.25, -0.2) is 0 Å². The average molecular weight is 193 g/mol. The standard InChI is InChI=1S/C11H15NO2/c1-12-8-10(11(13)14-2)9-6-4-3-5-7-9/h3-7,10,12H,8H2,1-2H3. The fourth-order valence-electron chi connectivity index (χ4n) is 1.37. The van der Waals surface area contributed by atoms with Crippen LogP contribution in [-0.4, -0.2) is 26.7 Å². The lowest BCUT2D eigenvalue weighted by molar-refractivity contribution is -0.142. The molecule has 0 amide bonds. The molecule has 0 spiro atoms. The van der Waals surface area contributed by atoms with Gasteiger partial charge in [-0.15, -0.1) is 0 Å². The van der Waals surface area contributed by atoms with E-state index in [1.165, 1.54) is 7.11 Å². The van der Waals surface area contributed by atoms with Crippen molar-refractivity contribution in [2.24, 2.45) is 0 Å². The molecule has 3 heteroatoms. The van der Waals surface area contributed by atoms with E-state index < -0.39 is 0 Å². The molecule has 1 aromatic rings. The Morgan fingerprint density at radius 2 is 2.07 bits per heavy atom. The number of carbonyl (C=O) groups is 1. The van der Waals surface area contributed by atoms with E-state index in [9.17, 15) is 4.79 Å². The minimum atomic E-state index is -0.216. The molecule has 0 aliphatic carbocycles. The van der Waals surface area contributed by atoms with Gasteiger partial charge >= 0.3 is 5.97 Å². The van der Waals surface area contributed by atoms with Gasteiger partial charge in [0.05, 0.1) is 13.0 Å². The number of benzene rings is 1. The fourth-order valence-corrected chi connectivity index (χ4v) is 1.37. The molecule has 1 atom stereocenters. The van der Waals surface area contributed by atoms with Gasteiger partial charge in [-0.1, -0.05) is 30.3 Å². The van der Waals surface area contributed by atoms with Gasteiger partial charge < -0.3 is 10.1 Å². The van der Waals surface area contributed by atoms with Crippen molar-refractivity contribution in [1.29, 1.82) is 0 Å². The predicted molar refractivity (Wildman–Crippen MR) is 55.1 cm³/mol. The van der Waals surface area contributed by atoms with Crippen LogP contribution in [0, 0.1) is 0 Å². The van der Waals surface area contributed by atoms with E-state index in [0.717, 1.165) is 5.56 Å². The van der Waals surface area contributed by atoms with Crippen LogP contribution in [0.3, 0.4) is 0 Å². The van der Waals surface area contributed by atoms with Crippen molar-refractivity contribution in [3.05, 3.63) is 35.9 Å². The first-order valence-corrected chi connectivity index (χ1v) is 4.57. The fraction of sp³-hybridized carbons (Fsp3) is 0.364.